The van der Waals surface area contributed by atoms with Crippen LogP contribution in [0.2, 0.25) is 0 Å². The highest BCUT2D eigenvalue weighted by molar-refractivity contribution is 5.29. The number of methoxy groups -OCH3 is 1. The van der Waals surface area contributed by atoms with Crippen LogP contribution in [-0.2, 0) is 6.54 Å². The molecule has 1 aromatic heterocycles. The van der Waals surface area contributed by atoms with Crippen molar-refractivity contribution in [2.75, 3.05) is 33.3 Å². The van der Waals surface area contributed by atoms with Gasteiger partial charge in [0.2, 0.25) is 0 Å². The number of ether oxygens (including phenoxy) is 1. The molecule has 2 heterocycles. The van der Waals surface area contributed by atoms with Gasteiger partial charge in [0.1, 0.15) is 5.75 Å². The summed E-state index contributed by atoms with van der Waals surface area (Å²) in [7, 11) is 1.70. The van der Waals surface area contributed by atoms with E-state index in [-0.39, 0.29) is 0 Å². The predicted molar refractivity (Wildman–Crippen MR) is 63.6 cm³/mol. The zero-order valence-corrected chi connectivity index (χ0v) is 9.78. The van der Waals surface area contributed by atoms with Gasteiger partial charge in [-0.05, 0) is 25.6 Å². The second-order valence-electron chi connectivity index (χ2n) is 4.07. The molecule has 0 spiro atoms. The van der Waals surface area contributed by atoms with E-state index >= 15 is 0 Å². The molecule has 4 heteroatoms. The summed E-state index contributed by atoms with van der Waals surface area (Å²) in [5.41, 5.74) is 1.22. The molecular weight excluding hydrogens is 202 g/mol. The summed E-state index contributed by atoms with van der Waals surface area (Å²) in [6.07, 6.45) is 4.83. The number of nitrogens with zero attached hydrogens (tertiary/aromatic N) is 2. The molecule has 0 aliphatic carbocycles. The minimum Gasteiger partial charge on any atom is -0.495 e. The van der Waals surface area contributed by atoms with Crippen LogP contribution in [0.5, 0.6) is 5.75 Å². The van der Waals surface area contributed by atoms with Crippen LogP contribution < -0.4 is 10.1 Å². The highest BCUT2D eigenvalue weighted by Crippen LogP contribution is 2.18. The molecule has 0 unspecified atom stereocenters. The van der Waals surface area contributed by atoms with Crippen LogP contribution in [0.25, 0.3) is 0 Å². The number of rotatable bonds is 3. The monoisotopic (exact) mass is 221 g/mol. The van der Waals surface area contributed by atoms with Gasteiger partial charge in [-0.3, -0.25) is 9.88 Å². The minimum atomic E-state index is 0.889. The topological polar surface area (TPSA) is 37.4 Å². The molecule has 0 aromatic carbocycles. The molecule has 1 N–H and O–H groups in total. The highest BCUT2D eigenvalue weighted by Gasteiger charge is 2.11. The largest absolute Gasteiger partial charge is 0.495 e. The summed E-state index contributed by atoms with van der Waals surface area (Å²) in [5.74, 6) is 0.889. The molecule has 88 valence electrons. The van der Waals surface area contributed by atoms with E-state index in [0.717, 1.165) is 38.5 Å². The van der Waals surface area contributed by atoms with E-state index in [2.05, 4.69) is 15.2 Å². The first-order valence-corrected chi connectivity index (χ1v) is 5.80. The molecule has 0 amide bonds. The molecule has 0 saturated carbocycles. The second-order valence-corrected chi connectivity index (χ2v) is 4.07. The summed E-state index contributed by atoms with van der Waals surface area (Å²) in [6, 6.07) is 2.04. The summed E-state index contributed by atoms with van der Waals surface area (Å²) in [6.45, 7) is 5.41. The van der Waals surface area contributed by atoms with E-state index in [0.29, 0.717) is 0 Å². The van der Waals surface area contributed by atoms with Crippen molar-refractivity contribution < 1.29 is 4.74 Å². The van der Waals surface area contributed by atoms with Gasteiger partial charge in [-0.15, -0.1) is 0 Å². The first kappa shape index (κ1) is 11.4. The lowest BCUT2D eigenvalue weighted by Crippen LogP contribution is -2.27. The molecule has 1 aromatic rings. The molecule has 16 heavy (non-hydrogen) atoms. The number of pyridine rings is 1. The SMILES string of the molecule is COc1cnccc1CN1CCCNCC1. The number of hydrogen-bond acceptors (Lipinski definition) is 4. The van der Waals surface area contributed by atoms with E-state index < -0.39 is 0 Å². The van der Waals surface area contributed by atoms with Gasteiger partial charge in [0.25, 0.3) is 0 Å². The van der Waals surface area contributed by atoms with Crippen molar-refractivity contribution >= 4 is 0 Å². The van der Waals surface area contributed by atoms with Gasteiger partial charge in [0.05, 0.1) is 13.3 Å². The van der Waals surface area contributed by atoms with Crippen molar-refractivity contribution in [1.29, 1.82) is 0 Å². The van der Waals surface area contributed by atoms with Crippen molar-refractivity contribution in [2.24, 2.45) is 0 Å². The minimum absolute atomic E-state index is 0.889. The van der Waals surface area contributed by atoms with Crippen LogP contribution in [-0.4, -0.2) is 43.2 Å². The van der Waals surface area contributed by atoms with E-state index in [4.69, 9.17) is 4.74 Å². The molecule has 1 fully saturated rings. The lowest BCUT2D eigenvalue weighted by molar-refractivity contribution is 0.278. The Bertz CT molecular complexity index is 322. The molecule has 0 radical (unpaired) electrons. The van der Waals surface area contributed by atoms with E-state index in [1.165, 1.54) is 12.0 Å². The first-order valence-electron chi connectivity index (χ1n) is 5.80. The van der Waals surface area contributed by atoms with Crippen LogP contribution in [0.15, 0.2) is 18.5 Å². The lowest BCUT2D eigenvalue weighted by atomic mass is 10.2. The van der Waals surface area contributed by atoms with Crippen molar-refractivity contribution in [3.8, 4) is 5.75 Å². The zero-order valence-electron chi connectivity index (χ0n) is 9.78. The Kier molecular flexibility index (Phi) is 4.13. The Morgan fingerprint density at radius 2 is 2.38 bits per heavy atom. The normalized spacial score (nSPS) is 18.1. The third-order valence-electron chi connectivity index (χ3n) is 2.92. The molecule has 4 nitrogen and oxygen atoms in total. The van der Waals surface area contributed by atoms with Gasteiger partial charge >= 0.3 is 0 Å². The number of hydrogen-bond donors (Lipinski definition) is 1. The Morgan fingerprint density at radius 3 is 3.25 bits per heavy atom. The van der Waals surface area contributed by atoms with Crippen LogP contribution in [0, 0.1) is 0 Å². The van der Waals surface area contributed by atoms with Gasteiger partial charge < -0.3 is 10.1 Å². The van der Waals surface area contributed by atoms with Gasteiger partial charge in [0.15, 0.2) is 0 Å². The predicted octanol–water partition coefficient (Wildman–Crippen LogP) is 0.885. The van der Waals surface area contributed by atoms with Gasteiger partial charge in [-0.25, -0.2) is 0 Å². The molecule has 0 atom stereocenters. The third-order valence-corrected chi connectivity index (χ3v) is 2.92. The van der Waals surface area contributed by atoms with Gasteiger partial charge in [-0.1, -0.05) is 0 Å². The maximum absolute atomic E-state index is 5.31. The van der Waals surface area contributed by atoms with E-state index in [1.807, 2.05) is 12.3 Å². The van der Waals surface area contributed by atoms with Crippen LogP contribution in [0.1, 0.15) is 12.0 Å². The van der Waals surface area contributed by atoms with Crippen LogP contribution in [0.3, 0.4) is 0 Å². The summed E-state index contributed by atoms with van der Waals surface area (Å²) in [5, 5.41) is 3.41. The van der Waals surface area contributed by atoms with Crippen LogP contribution >= 0.6 is 0 Å². The standard InChI is InChI=1S/C12H19N3O/c1-16-12-9-14-5-3-11(12)10-15-7-2-4-13-6-8-15/h3,5,9,13H,2,4,6-8,10H2,1H3. The highest BCUT2D eigenvalue weighted by atomic mass is 16.5. The van der Waals surface area contributed by atoms with Crippen molar-refractivity contribution in [2.45, 2.75) is 13.0 Å². The first-order chi connectivity index (χ1) is 7.90. The average molecular weight is 221 g/mol. The Labute approximate surface area is 96.6 Å². The van der Waals surface area contributed by atoms with Gasteiger partial charge in [0, 0.05) is 31.4 Å². The Balaban J connectivity index is 2.01. The maximum Gasteiger partial charge on any atom is 0.141 e. The fourth-order valence-corrected chi connectivity index (χ4v) is 2.02. The van der Waals surface area contributed by atoms with Crippen molar-refractivity contribution in [3.05, 3.63) is 24.0 Å². The molecular formula is C12H19N3O. The van der Waals surface area contributed by atoms with Crippen LogP contribution in [0.4, 0.5) is 0 Å². The smallest absolute Gasteiger partial charge is 0.141 e. The molecule has 0 bridgehead atoms. The zero-order chi connectivity index (χ0) is 11.2. The van der Waals surface area contributed by atoms with Gasteiger partial charge in [-0.2, -0.15) is 0 Å². The van der Waals surface area contributed by atoms with Crippen molar-refractivity contribution in [1.82, 2.24) is 15.2 Å². The maximum atomic E-state index is 5.31. The Hall–Kier alpha value is -1.13. The molecule has 1 aliphatic rings. The number of nitrogens with one attached hydrogen (secondary N) is 1. The number of aromatic nitrogens is 1. The fraction of sp³-hybridized carbons (Fsp3) is 0.583. The average Bonchev–Trinajstić information content (AvgIpc) is 2.58. The summed E-state index contributed by atoms with van der Waals surface area (Å²) < 4.78 is 5.31. The molecule has 1 saturated heterocycles. The summed E-state index contributed by atoms with van der Waals surface area (Å²) in [4.78, 5) is 6.53. The lowest BCUT2D eigenvalue weighted by Gasteiger charge is -2.20. The van der Waals surface area contributed by atoms with E-state index in [1.54, 1.807) is 13.3 Å². The quantitative estimate of drug-likeness (QED) is 0.822. The summed E-state index contributed by atoms with van der Waals surface area (Å²) >= 11 is 0. The molecule has 2 rings (SSSR count). The molecule has 1 aliphatic heterocycles. The van der Waals surface area contributed by atoms with Crippen molar-refractivity contribution in [3.63, 3.8) is 0 Å². The second kappa shape index (κ2) is 5.82. The van der Waals surface area contributed by atoms with E-state index in [9.17, 15) is 0 Å². The Morgan fingerprint density at radius 1 is 1.44 bits per heavy atom. The third kappa shape index (κ3) is 2.93. The fourth-order valence-electron chi connectivity index (χ4n) is 2.02.